The number of carbonyl (C=O) groups is 1. The number of amides is 1. The van der Waals surface area contributed by atoms with Crippen LogP contribution in [-0.4, -0.2) is 27.3 Å². The third-order valence-corrected chi connectivity index (χ3v) is 3.79. The Morgan fingerprint density at radius 2 is 2.25 bits per heavy atom. The van der Waals surface area contributed by atoms with Crippen LogP contribution in [0.15, 0.2) is 6.33 Å². The molecule has 4 nitrogen and oxygen atoms in total. The number of aromatic nitrogens is 2. The molecule has 4 heteroatoms. The van der Waals surface area contributed by atoms with E-state index in [1.165, 1.54) is 12.8 Å². The highest BCUT2D eigenvalue weighted by atomic mass is 16.2. The summed E-state index contributed by atoms with van der Waals surface area (Å²) in [5, 5.41) is 0. The van der Waals surface area contributed by atoms with Crippen molar-refractivity contribution in [2.75, 3.05) is 6.54 Å². The minimum Gasteiger partial charge on any atom is -0.347 e. The number of aromatic amines is 1. The molecule has 1 aromatic rings. The molecule has 1 aliphatic heterocycles. The van der Waals surface area contributed by atoms with Gasteiger partial charge in [-0.1, -0.05) is 12.8 Å². The van der Waals surface area contributed by atoms with Gasteiger partial charge in [-0.2, -0.15) is 0 Å². The lowest BCUT2D eigenvalue weighted by molar-refractivity contribution is -0.136. The Kier molecular flexibility index (Phi) is 2.42. The van der Waals surface area contributed by atoms with Crippen LogP contribution in [-0.2, 0) is 17.8 Å². The number of fused-ring (bicyclic) bond motifs is 1. The lowest BCUT2D eigenvalue weighted by atomic mass is 10.0. The van der Waals surface area contributed by atoms with Crippen molar-refractivity contribution in [3.05, 3.63) is 17.7 Å². The maximum Gasteiger partial charge on any atom is 0.226 e. The molecule has 1 saturated carbocycles. The van der Waals surface area contributed by atoms with E-state index in [0.29, 0.717) is 11.8 Å². The van der Waals surface area contributed by atoms with E-state index in [-0.39, 0.29) is 0 Å². The van der Waals surface area contributed by atoms with Crippen LogP contribution in [0.1, 0.15) is 37.1 Å². The lowest BCUT2D eigenvalue weighted by Crippen LogP contribution is -2.39. The first-order valence-electron chi connectivity index (χ1n) is 6.14. The highest BCUT2D eigenvalue weighted by Crippen LogP contribution is 2.28. The first-order valence-corrected chi connectivity index (χ1v) is 6.14. The predicted octanol–water partition coefficient (Wildman–Crippen LogP) is 1.48. The van der Waals surface area contributed by atoms with Gasteiger partial charge in [0.1, 0.15) is 0 Å². The van der Waals surface area contributed by atoms with E-state index in [9.17, 15) is 4.79 Å². The number of rotatable bonds is 1. The molecular weight excluding hydrogens is 202 g/mol. The summed E-state index contributed by atoms with van der Waals surface area (Å²) in [7, 11) is 0. The van der Waals surface area contributed by atoms with Crippen LogP contribution in [0.3, 0.4) is 0 Å². The fourth-order valence-corrected chi connectivity index (χ4v) is 2.83. The highest BCUT2D eigenvalue weighted by Gasteiger charge is 2.29. The summed E-state index contributed by atoms with van der Waals surface area (Å²) in [6.07, 6.45) is 7.25. The molecule has 2 heterocycles. The molecule has 0 radical (unpaired) electrons. The fraction of sp³-hybridized carbons (Fsp3) is 0.667. The third kappa shape index (κ3) is 1.62. The number of H-pyrrole nitrogens is 1. The van der Waals surface area contributed by atoms with E-state index >= 15 is 0 Å². The van der Waals surface area contributed by atoms with Crippen molar-refractivity contribution >= 4 is 5.91 Å². The van der Waals surface area contributed by atoms with Crippen LogP contribution in [0.25, 0.3) is 0 Å². The van der Waals surface area contributed by atoms with Gasteiger partial charge in [0.2, 0.25) is 5.91 Å². The Labute approximate surface area is 95.1 Å². The first kappa shape index (κ1) is 9.87. The van der Waals surface area contributed by atoms with Crippen molar-refractivity contribution in [2.24, 2.45) is 5.92 Å². The average molecular weight is 219 g/mol. The summed E-state index contributed by atoms with van der Waals surface area (Å²) in [5.74, 6) is 0.655. The monoisotopic (exact) mass is 219 g/mol. The molecule has 2 aliphatic rings. The zero-order chi connectivity index (χ0) is 11.0. The number of nitrogens with zero attached hydrogens (tertiary/aromatic N) is 2. The topological polar surface area (TPSA) is 49.0 Å². The van der Waals surface area contributed by atoms with Gasteiger partial charge >= 0.3 is 0 Å². The van der Waals surface area contributed by atoms with Gasteiger partial charge in [0.05, 0.1) is 24.3 Å². The van der Waals surface area contributed by atoms with E-state index in [4.69, 9.17) is 0 Å². The summed E-state index contributed by atoms with van der Waals surface area (Å²) < 4.78 is 0. The van der Waals surface area contributed by atoms with E-state index in [2.05, 4.69) is 9.97 Å². The SMILES string of the molecule is O=C(C1CCCC1)N1CCc2nc[nH]c2C1. The molecule has 0 spiro atoms. The normalized spacial score (nSPS) is 21.1. The Bertz CT molecular complexity index is 393. The van der Waals surface area contributed by atoms with E-state index in [1.54, 1.807) is 6.33 Å². The van der Waals surface area contributed by atoms with E-state index in [1.807, 2.05) is 4.90 Å². The Balaban J connectivity index is 1.71. The van der Waals surface area contributed by atoms with Gasteiger partial charge in [0.25, 0.3) is 0 Å². The van der Waals surface area contributed by atoms with Crippen LogP contribution in [0.4, 0.5) is 0 Å². The second kappa shape index (κ2) is 3.92. The van der Waals surface area contributed by atoms with Crippen LogP contribution in [0.5, 0.6) is 0 Å². The van der Waals surface area contributed by atoms with Gasteiger partial charge in [-0.15, -0.1) is 0 Å². The van der Waals surface area contributed by atoms with Crippen molar-refractivity contribution in [3.63, 3.8) is 0 Å². The van der Waals surface area contributed by atoms with Crippen molar-refractivity contribution in [1.29, 1.82) is 0 Å². The largest absolute Gasteiger partial charge is 0.347 e. The zero-order valence-corrected chi connectivity index (χ0v) is 9.41. The number of carbonyl (C=O) groups excluding carboxylic acids is 1. The van der Waals surface area contributed by atoms with Gasteiger partial charge < -0.3 is 9.88 Å². The van der Waals surface area contributed by atoms with E-state index in [0.717, 1.165) is 43.7 Å². The van der Waals surface area contributed by atoms with Crippen LogP contribution in [0.2, 0.25) is 0 Å². The van der Waals surface area contributed by atoms with Crippen LogP contribution >= 0.6 is 0 Å². The van der Waals surface area contributed by atoms with Crippen molar-refractivity contribution in [2.45, 2.75) is 38.6 Å². The molecule has 3 rings (SSSR count). The Morgan fingerprint density at radius 3 is 3.06 bits per heavy atom. The Hall–Kier alpha value is -1.32. The molecule has 86 valence electrons. The summed E-state index contributed by atoms with van der Waals surface area (Å²) in [6, 6.07) is 0. The van der Waals surface area contributed by atoms with Gasteiger partial charge in [-0.05, 0) is 12.8 Å². The van der Waals surface area contributed by atoms with Gasteiger partial charge in [-0.25, -0.2) is 4.98 Å². The van der Waals surface area contributed by atoms with Crippen LogP contribution in [0, 0.1) is 5.92 Å². The second-order valence-electron chi connectivity index (χ2n) is 4.82. The number of imidazole rings is 1. The molecule has 1 amide bonds. The van der Waals surface area contributed by atoms with Crippen molar-refractivity contribution in [3.8, 4) is 0 Å². The van der Waals surface area contributed by atoms with Gasteiger partial charge in [0.15, 0.2) is 0 Å². The summed E-state index contributed by atoms with van der Waals surface area (Å²) in [4.78, 5) is 21.6. The minimum absolute atomic E-state index is 0.296. The molecule has 0 atom stereocenters. The van der Waals surface area contributed by atoms with Crippen molar-refractivity contribution < 1.29 is 4.79 Å². The molecule has 0 unspecified atom stereocenters. The summed E-state index contributed by atoms with van der Waals surface area (Å²) >= 11 is 0. The molecule has 1 aliphatic carbocycles. The lowest BCUT2D eigenvalue weighted by Gasteiger charge is -2.28. The molecule has 1 aromatic heterocycles. The highest BCUT2D eigenvalue weighted by molar-refractivity contribution is 5.79. The molecular formula is C12H17N3O. The number of nitrogens with one attached hydrogen (secondary N) is 1. The quantitative estimate of drug-likeness (QED) is 0.777. The number of hydrogen-bond acceptors (Lipinski definition) is 2. The molecule has 1 fully saturated rings. The molecule has 1 N–H and O–H groups in total. The molecule has 0 bridgehead atoms. The first-order chi connectivity index (χ1) is 7.84. The van der Waals surface area contributed by atoms with Crippen molar-refractivity contribution in [1.82, 2.24) is 14.9 Å². The van der Waals surface area contributed by atoms with Gasteiger partial charge in [0, 0.05) is 18.9 Å². The fourth-order valence-electron chi connectivity index (χ4n) is 2.83. The molecule has 16 heavy (non-hydrogen) atoms. The van der Waals surface area contributed by atoms with Gasteiger partial charge in [-0.3, -0.25) is 4.79 Å². The zero-order valence-electron chi connectivity index (χ0n) is 9.41. The maximum atomic E-state index is 12.2. The predicted molar refractivity (Wildman–Crippen MR) is 59.7 cm³/mol. The maximum absolute atomic E-state index is 12.2. The standard InChI is InChI=1S/C12H17N3O/c16-12(9-3-1-2-4-9)15-6-5-10-11(7-15)14-8-13-10/h8-9H,1-7H2,(H,13,14). The summed E-state index contributed by atoms with van der Waals surface area (Å²) in [5.41, 5.74) is 2.26. The minimum atomic E-state index is 0.296. The average Bonchev–Trinajstić information content (AvgIpc) is 2.98. The number of hydrogen-bond donors (Lipinski definition) is 1. The third-order valence-electron chi connectivity index (χ3n) is 3.79. The smallest absolute Gasteiger partial charge is 0.226 e. The summed E-state index contributed by atoms with van der Waals surface area (Å²) in [6.45, 7) is 1.57. The van der Waals surface area contributed by atoms with Crippen LogP contribution < -0.4 is 0 Å². The van der Waals surface area contributed by atoms with E-state index < -0.39 is 0 Å². The second-order valence-corrected chi connectivity index (χ2v) is 4.82. The molecule has 0 saturated heterocycles. The molecule has 0 aromatic carbocycles. The Morgan fingerprint density at radius 1 is 1.44 bits per heavy atom.